The van der Waals surface area contributed by atoms with Gasteiger partial charge in [0.25, 0.3) is 0 Å². The first kappa shape index (κ1) is 17.3. The normalized spacial score (nSPS) is 11.1. The molecule has 0 bridgehead atoms. The second kappa shape index (κ2) is 9.19. The Morgan fingerprint density at radius 2 is 1.83 bits per heavy atom. The first-order valence-electron chi connectivity index (χ1n) is 7.60. The number of anilines is 2. The molecule has 1 N–H and O–H groups in total. The van der Waals surface area contributed by atoms with Crippen LogP contribution >= 0.6 is 0 Å². The van der Waals surface area contributed by atoms with Gasteiger partial charge in [-0.1, -0.05) is 0 Å². The Labute approximate surface area is 135 Å². The van der Waals surface area contributed by atoms with Crippen molar-refractivity contribution in [3.05, 3.63) is 30.4 Å². The number of methoxy groups -OCH3 is 1. The molecule has 0 aliphatic rings. The molecule has 8 heteroatoms. The van der Waals surface area contributed by atoms with E-state index in [9.17, 15) is 0 Å². The van der Waals surface area contributed by atoms with E-state index < -0.39 is 6.29 Å². The minimum absolute atomic E-state index is 0.434. The summed E-state index contributed by atoms with van der Waals surface area (Å²) in [6.45, 7) is 6.27. The summed E-state index contributed by atoms with van der Waals surface area (Å²) in [5, 5.41) is 7.33. The average molecular weight is 321 g/mol. The zero-order valence-electron chi connectivity index (χ0n) is 13.7. The fourth-order valence-electron chi connectivity index (χ4n) is 1.93. The zero-order chi connectivity index (χ0) is 16.5. The van der Waals surface area contributed by atoms with Crippen LogP contribution < -0.4 is 5.32 Å². The monoisotopic (exact) mass is 321 g/mol. The SMILES string of the molecule is CCOC(OCC)c1cnc(Nc2cnn(CCOC)c2)nc1. The lowest BCUT2D eigenvalue weighted by molar-refractivity contribution is -0.140. The van der Waals surface area contributed by atoms with Crippen LogP contribution in [0.4, 0.5) is 11.6 Å². The molecule has 2 rings (SSSR count). The number of aromatic nitrogens is 4. The van der Waals surface area contributed by atoms with E-state index in [4.69, 9.17) is 14.2 Å². The van der Waals surface area contributed by atoms with E-state index >= 15 is 0 Å². The third kappa shape index (κ3) is 5.27. The van der Waals surface area contributed by atoms with Gasteiger partial charge in [0.2, 0.25) is 5.95 Å². The van der Waals surface area contributed by atoms with E-state index in [0.29, 0.717) is 32.3 Å². The standard InChI is InChI=1S/C15H23N5O3/c1-4-22-14(23-5-2)12-8-16-15(17-9-12)19-13-10-18-20(11-13)6-7-21-3/h8-11,14H,4-7H2,1-3H3,(H,16,17,19). The molecular weight excluding hydrogens is 298 g/mol. The molecule has 0 saturated carbocycles. The number of ether oxygens (including phenoxy) is 3. The van der Waals surface area contributed by atoms with Gasteiger partial charge >= 0.3 is 0 Å². The smallest absolute Gasteiger partial charge is 0.227 e. The van der Waals surface area contributed by atoms with Crippen molar-refractivity contribution in [1.29, 1.82) is 0 Å². The predicted octanol–water partition coefficient (Wildman–Crippen LogP) is 2.13. The quantitative estimate of drug-likeness (QED) is 0.671. The van der Waals surface area contributed by atoms with Gasteiger partial charge in [0.05, 0.1) is 25.0 Å². The van der Waals surface area contributed by atoms with Crippen molar-refractivity contribution in [2.75, 3.05) is 32.2 Å². The Hall–Kier alpha value is -2.03. The summed E-state index contributed by atoms with van der Waals surface area (Å²) >= 11 is 0. The maximum atomic E-state index is 5.52. The van der Waals surface area contributed by atoms with Crippen molar-refractivity contribution in [3.63, 3.8) is 0 Å². The van der Waals surface area contributed by atoms with Crippen LogP contribution in [0.2, 0.25) is 0 Å². The number of rotatable bonds is 10. The molecule has 0 spiro atoms. The lowest BCUT2D eigenvalue weighted by Crippen LogP contribution is -2.10. The molecule has 2 aromatic heterocycles. The van der Waals surface area contributed by atoms with Crippen molar-refractivity contribution in [3.8, 4) is 0 Å². The molecule has 2 aromatic rings. The van der Waals surface area contributed by atoms with E-state index in [-0.39, 0.29) is 0 Å². The maximum Gasteiger partial charge on any atom is 0.227 e. The Bertz CT molecular complexity index is 567. The Morgan fingerprint density at radius 3 is 2.43 bits per heavy atom. The highest BCUT2D eigenvalue weighted by Gasteiger charge is 2.12. The van der Waals surface area contributed by atoms with Crippen LogP contribution in [0.15, 0.2) is 24.8 Å². The van der Waals surface area contributed by atoms with Crippen molar-refractivity contribution in [2.45, 2.75) is 26.7 Å². The Balaban J connectivity index is 1.97. The number of nitrogens with zero attached hydrogens (tertiary/aromatic N) is 4. The number of hydrogen-bond acceptors (Lipinski definition) is 7. The largest absolute Gasteiger partial charge is 0.383 e. The molecule has 0 radical (unpaired) electrons. The Morgan fingerprint density at radius 1 is 1.13 bits per heavy atom. The maximum absolute atomic E-state index is 5.52. The van der Waals surface area contributed by atoms with Gasteiger partial charge in [-0.15, -0.1) is 0 Å². The minimum atomic E-state index is -0.434. The van der Waals surface area contributed by atoms with Crippen molar-refractivity contribution in [2.24, 2.45) is 0 Å². The third-order valence-corrected chi connectivity index (χ3v) is 2.99. The zero-order valence-corrected chi connectivity index (χ0v) is 13.7. The average Bonchev–Trinajstić information content (AvgIpc) is 3.01. The van der Waals surface area contributed by atoms with Gasteiger partial charge in [0, 0.05) is 44.5 Å². The fraction of sp³-hybridized carbons (Fsp3) is 0.533. The summed E-state index contributed by atoms with van der Waals surface area (Å²) in [4.78, 5) is 8.57. The van der Waals surface area contributed by atoms with Gasteiger partial charge in [-0.05, 0) is 13.8 Å². The Kier molecular flexibility index (Phi) is 6.92. The first-order valence-corrected chi connectivity index (χ1v) is 7.60. The molecule has 23 heavy (non-hydrogen) atoms. The van der Waals surface area contributed by atoms with Crippen LogP contribution in [-0.2, 0) is 20.8 Å². The van der Waals surface area contributed by atoms with Gasteiger partial charge in [0.1, 0.15) is 0 Å². The molecule has 0 saturated heterocycles. The summed E-state index contributed by atoms with van der Waals surface area (Å²) in [6, 6.07) is 0. The number of hydrogen-bond donors (Lipinski definition) is 1. The summed E-state index contributed by atoms with van der Waals surface area (Å²) < 4.78 is 17.9. The summed E-state index contributed by atoms with van der Waals surface area (Å²) in [6.07, 6.45) is 6.55. The molecular formula is C15H23N5O3. The highest BCUT2D eigenvalue weighted by molar-refractivity contribution is 5.50. The van der Waals surface area contributed by atoms with Crippen molar-refractivity contribution < 1.29 is 14.2 Å². The predicted molar refractivity (Wildman–Crippen MR) is 85.4 cm³/mol. The highest BCUT2D eigenvalue weighted by atomic mass is 16.7. The first-order chi connectivity index (χ1) is 11.3. The van der Waals surface area contributed by atoms with Gasteiger partial charge < -0.3 is 19.5 Å². The van der Waals surface area contributed by atoms with Gasteiger partial charge in [-0.25, -0.2) is 9.97 Å². The van der Waals surface area contributed by atoms with E-state index in [2.05, 4.69) is 20.4 Å². The van der Waals surface area contributed by atoms with E-state index in [1.54, 1.807) is 30.4 Å². The summed E-state index contributed by atoms with van der Waals surface area (Å²) in [5.41, 5.74) is 1.61. The summed E-state index contributed by atoms with van der Waals surface area (Å²) in [7, 11) is 1.66. The molecule has 0 unspecified atom stereocenters. The second-order valence-electron chi connectivity index (χ2n) is 4.69. The van der Waals surface area contributed by atoms with E-state index in [0.717, 1.165) is 11.3 Å². The van der Waals surface area contributed by atoms with Crippen LogP contribution in [0.3, 0.4) is 0 Å². The van der Waals surface area contributed by atoms with E-state index in [1.165, 1.54) is 0 Å². The van der Waals surface area contributed by atoms with Crippen LogP contribution in [0, 0.1) is 0 Å². The van der Waals surface area contributed by atoms with Crippen LogP contribution in [-0.4, -0.2) is 46.7 Å². The van der Waals surface area contributed by atoms with E-state index in [1.807, 2.05) is 20.0 Å². The summed E-state index contributed by atoms with van der Waals surface area (Å²) in [5.74, 6) is 0.492. The second-order valence-corrected chi connectivity index (χ2v) is 4.69. The van der Waals surface area contributed by atoms with Crippen LogP contribution in [0.5, 0.6) is 0 Å². The van der Waals surface area contributed by atoms with Crippen LogP contribution in [0.1, 0.15) is 25.7 Å². The van der Waals surface area contributed by atoms with Gasteiger partial charge in [-0.3, -0.25) is 4.68 Å². The van der Waals surface area contributed by atoms with Gasteiger partial charge in [0.15, 0.2) is 6.29 Å². The third-order valence-electron chi connectivity index (χ3n) is 2.99. The van der Waals surface area contributed by atoms with Crippen molar-refractivity contribution >= 4 is 11.6 Å². The molecule has 126 valence electrons. The topological polar surface area (TPSA) is 83.3 Å². The molecule has 8 nitrogen and oxygen atoms in total. The molecule has 0 atom stereocenters. The lowest BCUT2D eigenvalue weighted by Gasteiger charge is -2.16. The molecule has 0 aliphatic heterocycles. The van der Waals surface area contributed by atoms with Crippen LogP contribution in [0.25, 0.3) is 0 Å². The molecule has 2 heterocycles. The molecule has 0 fully saturated rings. The lowest BCUT2D eigenvalue weighted by atomic mass is 10.3. The molecule has 0 aromatic carbocycles. The van der Waals surface area contributed by atoms with Gasteiger partial charge in [-0.2, -0.15) is 5.10 Å². The molecule has 0 amide bonds. The minimum Gasteiger partial charge on any atom is -0.383 e. The fourth-order valence-corrected chi connectivity index (χ4v) is 1.93. The number of nitrogens with one attached hydrogen (secondary N) is 1. The van der Waals surface area contributed by atoms with Crippen molar-refractivity contribution in [1.82, 2.24) is 19.7 Å². The molecule has 0 aliphatic carbocycles. The highest BCUT2D eigenvalue weighted by Crippen LogP contribution is 2.19.